The zero-order chi connectivity index (χ0) is 11.7. The lowest BCUT2D eigenvalue weighted by atomic mass is 9.86. The molecule has 1 rings (SSSR count). The first-order valence-electron chi connectivity index (χ1n) is 5.53. The van der Waals surface area contributed by atoms with Crippen molar-refractivity contribution in [3.8, 4) is 0 Å². The molecule has 88 valence electrons. The number of carbonyl (C=O) groups excluding carboxylic acids is 1. The average molecular weight is 214 g/mol. The molecule has 1 saturated heterocycles. The number of hydrogen-bond donors (Lipinski definition) is 2. The first-order chi connectivity index (χ1) is 6.74. The van der Waals surface area contributed by atoms with Crippen LogP contribution in [0.4, 0.5) is 4.79 Å². The minimum absolute atomic E-state index is 0.0698. The van der Waals surface area contributed by atoms with E-state index in [1.54, 1.807) is 18.7 Å². The van der Waals surface area contributed by atoms with Crippen molar-refractivity contribution in [2.24, 2.45) is 0 Å². The van der Waals surface area contributed by atoms with E-state index in [0.717, 1.165) is 25.9 Å². The molecule has 1 heterocycles. The molecule has 0 atom stereocenters. The van der Waals surface area contributed by atoms with Gasteiger partial charge in [0.2, 0.25) is 0 Å². The summed E-state index contributed by atoms with van der Waals surface area (Å²) in [6.45, 7) is 8.73. The first kappa shape index (κ1) is 12.3. The van der Waals surface area contributed by atoms with Gasteiger partial charge in [-0.15, -0.1) is 0 Å². The van der Waals surface area contributed by atoms with Gasteiger partial charge in [0.25, 0.3) is 0 Å². The van der Waals surface area contributed by atoms with Crippen molar-refractivity contribution in [3.05, 3.63) is 0 Å². The minimum atomic E-state index is -0.928. The summed E-state index contributed by atoms with van der Waals surface area (Å²) in [7, 11) is 0. The summed E-state index contributed by atoms with van der Waals surface area (Å²) in [5.41, 5.74) is -1.55. The van der Waals surface area contributed by atoms with Crippen LogP contribution in [0.3, 0.4) is 0 Å². The molecule has 4 nitrogen and oxygen atoms in total. The fourth-order valence-corrected chi connectivity index (χ4v) is 1.42. The number of urea groups is 1. The molecule has 0 saturated carbocycles. The quantitative estimate of drug-likeness (QED) is 0.729. The molecule has 1 aliphatic rings. The van der Waals surface area contributed by atoms with Crippen LogP contribution in [0.1, 0.15) is 40.5 Å². The van der Waals surface area contributed by atoms with E-state index in [9.17, 15) is 9.90 Å². The summed E-state index contributed by atoms with van der Waals surface area (Å²) >= 11 is 0. The topological polar surface area (TPSA) is 52.6 Å². The largest absolute Gasteiger partial charge is 0.388 e. The van der Waals surface area contributed by atoms with Gasteiger partial charge in [0, 0.05) is 13.1 Å². The van der Waals surface area contributed by atoms with Crippen LogP contribution >= 0.6 is 0 Å². The first-order valence-corrected chi connectivity index (χ1v) is 5.53. The van der Waals surface area contributed by atoms with Gasteiger partial charge in [0.1, 0.15) is 0 Å². The maximum atomic E-state index is 11.8. The second kappa shape index (κ2) is 4.00. The maximum absolute atomic E-state index is 11.8. The number of nitrogens with one attached hydrogen (secondary N) is 1. The van der Waals surface area contributed by atoms with Crippen LogP contribution in [0.5, 0.6) is 0 Å². The van der Waals surface area contributed by atoms with Crippen molar-refractivity contribution in [1.29, 1.82) is 0 Å². The molecule has 15 heavy (non-hydrogen) atoms. The summed E-state index contributed by atoms with van der Waals surface area (Å²) in [5, 5.41) is 12.8. The number of rotatable bonds is 2. The van der Waals surface area contributed by atoms with Gasteiger partial charge in [-0.1, -0.05) is 0 Å². The SMILES string of the molecule is CC(C)(O)C(C)(C)NC(=O)N1CCCC1. The van der Waals surface area contributed by atoms with Gasteiger partial charge in [-0.2, -0.15) is 0 Å². The molecule has 1 aliphatic heterocycles. The van der Waals surface area contributed by atoms with Gasteiger partial charge in [-0.05, 0) is 40.5 Å². The third kappa shape index (κ3) is 2.84. The van der Waals surface area contributed by atoms with Crippen molar-refractivity contribution in [1.82, 2.24) is 10.2 Å². The minimum Gasteiger partial charge on any atom is -0.388 e. The Labute approximate surface area is 91.6 Å². The predicted octanol–water partition coefficient (Wildman–Crippen LogP) is 1.34. The number of nitrogens with zero attached hydrogens (tertiary/aromatic N) is 1. The molecular formula is C11H22N2O2. The third-order valence-corrected chi connectivity index (χ3v) is 3.34. The molecule has 1 fully saturated rings. The molecule has 4 heteroatoms. The Morgan fingerprint density at radius 2 is 1.67 bits per heavy atom. The van der Waals surface area contributed by atoms with Crippen LogP contribution in [0.2, 0.25) is 0 Å². The number of aliphatic hydroxyl groups is 1. The van der Waals surface area contributed by atoms with Gasteiger partial charge in [-0.3, -0.25) is 0 Å². The van der Waals surface area contributed by atoms with E-state index in [1.165, 1.54) is 0 Å². The number of carbonyl (C=O) groups is 1. The van der Waals surface area contributed by atoms with E-state index in [4.69, 9.17) is 0 Å². The van der Waals surface area contributed by atoms with Crippen molar-refractivity contribution < 1.29 is 9.90 Å². The van der Waals surface area contributed by atoms with E-state index in [0.29, 0.717) is 0 Å². The van der Waals surface area contributed by atoms with Crippen molar-refractivity contribution >= 4 is 6.03 Å². The highest BCUT2D eigenvalue weighted by molar-refractivity contribution is 5.75. The lowest BCUT2D eigenvalue weighted by Gasteiger charge is -2.39. The van der Waals surface area contributed by atoms with Crippen molar-refractivity contribution in [2.45, 2.75) is 51.7 Å². The van der Waals surface area contributed by atoms with Gasteiger partial charge in [-0.25, -0.2) is 4.79 Å². The fraction of sp³-hybridized carbons (Fsp3) is 0.909. The van der Waals surface area contributed by atoms with Gasteiger partial charge >= 0.3 is 6.03 Å². The maximum Gasteiger partial charge on any atom is 0.317 e. The highest BCUT2D eigenvalue weighted by Gasteiger charge is 2.37. The molecule has 2 amide bonds. The van der Waals surface area contributed by atoms with E-state index >= 15 is 0 Å². The Bertz CT molecular complexity index is 237. The average Bonchev–Trinajstić information content (AvgIpc) is 2.51. The Kier molecular flexibility index (Phi) is 3.28. The summed E-state index contributed by atoms with van der Waals surface area (Å²) < 4.78 is 0. The van der Waals surface area contributed by atoms with Crippen molar-refractivity contribution in [3.63, 3.8) is 0 Å². The van der Waals surface area contributed by atoms with Crippen LogP contribution in [0.15, 0.2) is 0 Å². The molecule has 0 unspecified atom stereocenters. The highest BCUT2D eigenvalue weighted by atomic mass is 16.3. The summed E-state index contributed by atoms with van der Waals surface area (Å²) in [5.74, 6) is 0. The molecular weight excluding hydrogens is 192 g/mol. The van der Waals surface area contributed by atoms with Crippen LogP contribution < -0.4 is 5.32 Å². The van der Waals surface area contributed by atoms with Gasteiger partial charge < -0.3 is 15.3 Å². The zero-order valence-electron chi connectivity index (χ0n) is 10.1. The standard InChI is InChI=1S/C11H22N2O2/c1-10(2,11(3,4)15)12-9(14)13-7-5-6-8-13/h15H,5-8H2,1-4H3,(H,12,14). The van der Waals surface area contributed by atoms with E-state index in [-0.39, 0.29) is 6.03 Å². The Hall–Kier alpha value is -0.770. The molecule has 2 N–H and O–H groups in total. The molecule has 0 bridgehead atoms. The normalized spacial score (nSPS) is 18.1. The van der Waals surface area contributed by atoms with Crippen LogP contribution in [-0.2, 0) is 0 Å². The highest BCUT2D eigenvalue weighted by Crippen LogP contribution is 2.21. The van der Waals surface area contributed by atoms with Crippen LogP contribution in [-0.4, -0.2) is 40.3 Å². The monoisotopic (exact) mass is 214 g/mol. The Balaban J connectivity index is 2.57. The number of likely N-dealkylation sites (tertiary alicyclic amines) is 1. The molecule has 0 spiro atoms. The third-order valence-electron chi connectivity index (χ3n) is 3.34. The Morgan fingerprint density at radius 1 is 1.20 bits per heavy atom. The fourth-order valence-electron chi connectivity index (χ4n) is 1.42. The van der Waals surface area contributed by atoms with Crippen molar-refractivity contribution in [2.75, 3.05) is 13.1 Å². The van der Waals surface area contributed by atoms with E-state index in [1.807, 2.05) is 13.8 Å². The molecule has 0 aromatic rings. The molecule has 0 aliphatic carbocycles. The van der Waals surface area contributed by atoms with Crippen LogP contribution in [0, 0.1) is 0 Å². The molecule has 0 aromatic heterocycles. The zero-order valence-corrected chi connectivity index (χ0v) is 10.1. The number of amides is 2. The van der Waals surface area contributed by atoms with Gasteiger partial charge in [0.15, 0.2) is 0 Å². The summed E-state index contributed by atoms with van der Waals surface area (Å²) in [6.07, 6.45) is 2.16. The lowest BCUT2D eigenvalue weighted by Crippen LogP contribution is -2.60. The predicted molar refractivity (Wildman–Crippen MR) is 59.7 cm³/mol. The molecule has 0 radical (unpaired) electrons. The van der Waals surface area contributed by atoms with E-state index in [2.05, 4.69) is 5.32 Å². The number of hydrogen-bond acceptors (Lipinski definition) is 2. The smallest absolute Gasteiger partial charge is 0.317 e. The summed E-state index contributed by atoms with van der Waals surface area (Å²) in [6, 6.07) is -0.0698. The summed E-state index contributed by atoms with van der Waals surface area (Å²) in [4.78, 5) is 13.6. The second-order valence-electron chi connectivity index (χ2n) is 5.31. The van der Waals surface area contributed by atoms with E-state index < -0.39 is 11.1 Å². The second-order valence-corrected chi connectivity index (χ2v) is 5.31. The lowest BCUT2D eigenvalue weighted by molar-refractivity contribution is -0.000858. The van der Waals surface area contributed by atoms with Gasteiger partial charge in [0.05, 0.1) is 11.1 Å². The molecule has 0 aromatic carbocycles. The van der Waals surface area contributed by atoms with Crippen LogP contribution in [0.25, 0.3) is 0 Å². The Morgan fingerprint density at radius 3 is 2.07 bits per heavy atom.